The lowest BCUT2D eigenvalue weighted by Crippen LogP contribution is -2.15. The minimum absolute atomic E-state index is 0.0926. The van der Waals surface area contributed by atoms with E-state index in [1.165, 1.54) is 0 Å². The van der Waals surface area contributed by atoms with Crippen molar-refractivity contribution in [2.75, 3.05) is 7.11 Å². The first-order valence-corrected chi connectivity index (χ1v) is 4.25. The Labute approximate surface area is 81.7 Å². The van der Waals surface area contributed by atoms with Gasteiger partial charge in [-0.3, -0.25) is 9.79 Å². The number of para-hydroxylation sites is 1. The Kier molecular flexibility index (Phi) is 2.14. The Hall–Kier alpha value is -1.90. The summed E-state index contributed by atoms with van der Waals surface area (Å²) in [6.07, 6.45) is 3.29. The van der Waals surface area contributed by atoms with Crippen LogP contribution < -0.4 is 4.74 Å². The van der Waals surface area contributed by atoms with Gasteiger partial charge in [0.25, 0.3) is 0 Å². The SMILES string of the molecule is COc1ccccc1C(=O)C1=NC=C1. The molecule has 1 aliphatic rings. The van der Waals surface area contributed by atoms with Gasteiger partial charge in [0.1, 0.15) is 11.5 Å². The van der Waals surface area contributed by atoms with Crippen LogP contribution >= 0.6 is 0 Å². The third-order valence-corrected chi connectivity index (χ3v) is 2.03. The van der Waals surface area contributed by atoms with Crippen molar-refractivity contribution in [3.05, 3.63) is 42.1 Å². The van der Waals surface area contributed by atoms with Crippen molar-refractivity contribution in [3.8, 4) is 5.75 Å². The zero-order valence-electron chi connectivity index (χ0n) is 7.73. The summed E-state index contributed by atoms with van der Waals surface area (Å²) in [6, 6.07) is 7.12. The van der Waals surface area contributed by atoms with E-state index in [2.05, 4.69) is 4.99 Å². The zero-order valence-corrected chi connectivity index (χ0v) is 7.73. The Morgan fingerprint density at radius 2 is 2.07 bits per heavy atom. The fraction of sp³-hybridized carbons (Fsp3) is 0.0909. The third kappa shape index (κ3) is 1.33. The summed E-state index contributed by atoms with van der Waals surface area (Å²) in [7, 11) is 1.55. The molecule has 3 heteroatoms. The first-order valence-electron chi connectivity index (χ1n) is 4.25. The molecule has 0 fully saturated rings. The molecule has 0 atom stereocenters. The largest absolute Gasteiger partial charge is 0.496 e. The van der Waals surface area contributed by atoms with E-state index in [1.807, 2.05) is 6.07 Å². The van der Waals surface area contributed by atoms with Crippen LogP contribution in [0, 0.1) is 0 Å². The number of rotatable bonds is 3. The molecule has 0 aromatic heterocycles. The van der Waals surface area contributed by atoms with Gasteiger partial charge in [-0.15, -0.1) is 0 Å². The van der Waals surface area contributed by atoms with Gasteiger partial charge in [0.2, 0.25) is 5.78 Å². The number of ketones is 1. The van der Waals surface area contributed by atoms with Crippen LogP contribution in [-0.4, -0.2) is 18.6 Å². The molecule has 70 valence electrons. The van der Waals surface area contributed by atoms with Crippen LogP contribution in [0.4, 0.5) is 0 Å². The number of hydrogen-bond acceptors (Lipinski definition) is 3. The molecule has 1 heterocycles. The smallest absolute Gasteiger partial charge is 0.215 e. The van der Waals surface area contributed by atoms with E-state index in [0.717, 1.165) is 0 Å². The Balaban J connectivity index is 2.35. The minimum atomic E-state index is -0.0926. The number of hydrogen-bond donors (Lipinski definition) is 0. The van der Waals surface area contributed by atoms with Gasteiger partial charge in [0, 0.05) is 6.20 Å². The summed E-state index contributed by atoms with van der Waals surface area (Å²) in [5.41, 5.74) is 1.03. The van der Waals surface area contributed by atoms with Gasteiger partial charge in [-0.25, -0.2) is 0 Å². The normalized spacial score (nSPS) is 13.1. The number of ether oxygens (including phenoxy) is 1. The molecule has 14 heavy (non-hydrogen) atoms. The summed E-state index contributed by atoms with van der Waals surface area (Å²) in [6.45, 7) is 0. The van der Waals surface area contributed by atoms with E-state index in [4.69, 9.17) is 4.74 Å². The molecule has 1 aromatic carbocycles. The van der Waals surface area contributed by atoms with Gasteiger partial charge in [-0.2, -0.15) is 0 Å². The quantitative estimate of drug-likeness (QED) is 0.677. The first kappa shape index (κ1) is 8.69. The van der Waals surface area contributed by atoms with Crippen molar-refractivity contribution in [2.24, 2.45) is 4.99 Å². The summed E-state index contributed by atoms with van der Waals surface area (Å²) >= 11 is 0. The third-order valence-electron chi connectivity index (χ3n) is 2.03. The lowest BCUT2D eigenvalue weighted by atomic mass is 10.0. The minimum Gasteiger partial charge on any atom is -0.496 e. The topological polar surface area (TPSA) is 38.7 Å². The maximum atomic E-state index is 11.7. The number of carbonyl (C=O) groups excluding carboxylic acids is 1. The van der Waals surface area contributed by atoms with Gasteiger partial charge >= 0.3 is 0 Å². The van der Waals surface area contributed by atoms with Crippen LogP contribution in [0.1, 0.15) is 10.4 Å². The number of aliphatic imine (C=N–C) groups is 1. The van der Waals surface area contributed by atoms with Gasteiger partial charge < -0.3 is 4.74 Å². The number of allylic oxidation sites excluding steroid dienone is 1. The van der Waals surface area contributed by atoms with E-state index >= 15 is 0 Å². The highest BCUT2D eigenvalue weighted by Gasteiger charge is 2.17. The maximum absolute atomic E-state index is 11.7. The van der Waals surface area contributed by atoms with E-state index in [1.54, 1.807) is 37.6 Å². The van der Waals surface area contributed by atoms with Crippen LogP contribution in [0.3, 0.4) is 0 Å². The van der Waals surface area contributed by atoms with E-state index in [9.17, 15) is 4.79 Å². The first-order chi connectivity index (χ1) is 6.83. The number of carbonyl (C=O) groups is 1. The van der Waals surface area contributed by atoms with E-state index in [-0.39, 0.29) is 5.78 Å². The maximum Gasteiger partial charge on any atom is 0.215 e. The highest BCUT2D eigenvalue weighted by Crippen LogP contribution is 2.19. The lowest BCUT2D eigenvalue weighted by Gasteiger charge is -2.08. The summed E-state index contributed by atoms with van der Waals surface area (Å²) < 4.78 is 5.09. The fourth-order valence-electron chi connectivity index (χ4n) is 1.25. The molecule has 0 spiro atoms. The molecule has 0 aliphatic carbocycles. The monoisotopic (exact) mass is 187 g/mol. The van der Waals surface area contributed by atoms with Crippen molar-refractivity contribution >= 4 is 11.5 Å². The molecule has 0 saturated carbocycles. The summed E-state index contributed by atoms with van der Waals surface area (Å²) in [5.74, 6) is 0.491. The second-order valence-electron chi connectivity index (χ2n) is 2.86. The molecule has 1 aliphatic heterocycles. The summed E-state index contributed by atoms with van der Waals surface area (Å²) in [5, 5.41) is 0. The molecule has 1 aromatic rings. The Bertz CT molecular complexity index is 433. The summed E-state index contributed by atoms with van der Waals surface area (Å²) in [4.78, 5) is 15.6. The van der Waals surface area contributed by atoms with Crippen molar-refractivity contribution in [2.45, 2.75) is 0 Å². The lowest BCUT2D eigenvalue weighted by molar-refractivity contribution is 0.106. The molecule has 0 bridgehead atoms. The second kappa shape index (κ2) is 3.46. The zero-order chi connectivity index (χ0) is 9.97. The molecule has 0 N–H and O–H groups in total. The number of methoxy groups -OCH3 is 1. The van der Waals surface area contributed by atoms with Gasteiger partial charge in [-0.05, 0) is 18.2 Å². The number of nitrogens with zero attached hydrogens (tertiary/aromatic N) is 1. The van der Waals surface area contributed by atoms with E-state index in [0.29, 0.717) is 17.0 Å². The van der Waals surface area contributed by atoms with Crippen LogP contribution in [0.25, 0.3) is 0 Å². The molecule has 0 unspecified atom stereocenters. The van der Waals surface area contributed by atoms with Crippen molar-refractivity contribution in [3.63, 3.8) is 0 Å². The average Bonchev–Trinajstić information content (AvgIpc) is 2.15. The Morgan fingerprint density at radius 3 is 2.64 bits per heavy atom. The number of benzene rings is 1. The van der Waals surface area contributed by atoms with E-state index < -0.39 is 0 Å². The van der Waals surface area contributed by atoms with Gasteiger partial charge in [0.15, 0.2) is 0 Å². The molecular formula is C11H9NO2. The predicted molar refractivity (Wildman–Crippen MR) is 53.9 cm³/mol. The van der Waals surface area contributed by atoms with Gasteiger partial charge in [-0.1, -0.05) is 12.1 Å². The predicted octanol–water partition coefficient (Wildman–Crippen LogP) is 1.85. The molecular weight excluding hydrogens is 178 g/mol. The highest BCUT2D eigenvalue weighted by atomic mass is 16.5. The molecule has 3 nitrogen and oxygen atoms in total. The standard InChI is InChI=1S/C11H9NO2/c1-14-10-5-3-2-4-8(10)11(13)9-6-7-12-9/h2-7H,1H3. The van der Waals surface area contributed by atoms with Crippen LogP contribution in [-0.2, 0) is 0 Å². The van der Waals surface area contributed by atoms with Crippen molar-refractivity contribution in [1.29, 1.82) is 0 Å². The molecule has 0 amide bonds. The van der Waals surface area contributed by atoms with Crippen molar-refractivity contribution < 1.29 is 9.53 Å². The van der Waals surface area contributed by atoms with Crippen LogP contribution in [0.15, 0.2) is 41.5 Å². The molecule has 2 rings (SSSR count). The van der Waals surface area contributed by atoms with Crippen molar-refractivity contribution in [1.82, 2.24) is 0 Å². The number of Topliss-reactive ketones (excluding diaryl/α,β-unsaturated/α-hetero) is 1. The molecule has 0 saturated heterocycles. The van der Waals surface area contributed by atoms with Crippen LogP contribution in [0.5, 0.6) is 5.75 Å². The fourth-order valence-corrected chi connectivity index (χ4v) is 1.25. The highest BCUT2D eigenvalue weighted by molar-refractivity contribution is 6.51. The van der Waals surface area contributed by atoms with Crippen LogP contribution in [0.2, 0.25) is 0 Å². The Morgan fingerprint density at radius 1 is 1.36 bits per heavy atom. The van der Waals surface area contributed by atoms with Gasteiger partial charge in [0.05, 0.1) is 12.7 Å². The molecule has 0 radical (unpaired) electrons. The average molecular weight is 187 g/mol. The second-order valence-corrected chi connectivity index (χ2v) is 2.86.